The van der Waals surface area contributed by atoms with Gasteiger partial charge in [-0.25, -0.2) is 4.90 Å². The summed E-state index contributed by atoms with van der Waals surface area (Å²) >= 11 is 4.92. The van der Waals surface area contributed by atoms with Crippen molar-refractivity contribution >= 4 is 34.8 Å². The van der Waals surface area contributed by atoms with Crippen LogP contribution in [0.25, 0.3) is 0 Å². The van der Waals surface area contributed by atoms with Crippen LogP contribution in [0.3, 0.4) is 0 Å². The summed E-state index contributed by atoms with van der Waals surface area (Å²) < 4.78 is 1.39. The number of anilines is 1. The van der Waals surface area contributed by atoms with Gasteiger partial charge in [-0.3, -0.25) is 19.3 Å². The molecule has 0 saturated carbocycles. The van der Waals surface area contributed by atoms with Gasteiger partial charge in [0.25, 0.3) is 11.8 Å². The second-order valence-corrected chi connectivity index (χ2v) is 4.65. The Morgan fingerprint density at radius 2 is 2.10 bits per heavy atom. The van der Waals surface area contributed by atoms with Gasteiger partial charge in [0.1, 0.15) is 10.7 Å². The first-order chi connectivity index (χ1) is 9.52. The second kappa shape index (κ2) is 4.20. The van der Waals surface area contributed by atoms with Crippen LogP contribution in [0.1, 0.15) is 26.4 Å². The summed E-state index contributed by atoms with van der Waals surface area (Å²) in [7, 11) is 1.61. The van der Waals surface area contributed by atoms with Gasteiger partial charge in [0, 0.05) is 13.2 Å². The molecule has 1 aliphatic heterocycles. The number of aromatic nitrogens is 3. The topological polar surface area (TPSA) is 94.1 Å². The number of imide groups is 1. The molecule has 0 spiro atoms. The summed E-state index contributed by atoms with van der Waals surface area (Å²) in [5.41, 5.74) is 6.35. The standard InChI is InChI=1S/C12H9N5O2S/c1-16-10(7(5-15-16)9(13)20)17-11(18)6-3-2-4-14-8(6)12(17)19/h2-5H,1H3,(H2,13,20). The number of pyridine rings is 1. The first-order valence-corrected chi connectivity index (χ1v) is 6.08. The van der Waals surface area contributed by atoms with Crippen molar-refractivity contribution in [2.75, 3.05) is 4.90 Å². The molecule has 8 heteroatoms. The number of hydrogen-bond acceptors (Lipinski definition) is 5. The number of aryl methyl sites for hydroxylation is 1. The number of carbonyl (C=O) groups excluding carboxylic acids is 2. The number of carbonyl (C=O) groups is 2. The highest BCUT2D eigenvalue weighted by Gasteiger charge is 2.40. The lowest BCUT2D eigenvalue weighted by atomic mass is 10.2. The molecule has 2 N–H and O–H groups in total. The van der Waals surface area contributed by atoms with Gasteiger partial charge in [0.2, 0.25) is 0 Å². The first-order valence-electron chi connectivity index (χ1n) is 5.68. The fourth-order valence-electron chi connectivity index (χ4n) is 2.13. The molecule has 2 aromatic rings. The van der Waals surface area contributed by atoms with Crippen molar-refractivity contribution in [3.05, 3.63) is 41.3 Å². The minimum atomic E-state index is -0.508. The van der Waals surface area contributed by atoms with E-state index in [1.165, 1.54) is 17.1 Å². The van der Waals surface area contributed by atoms with Gasteiger partial charge in [0.05, 0.1) is 17.3 Å². The molecule has 2 aromatic heterocycles. The molecule has 0 saturated heterocycles. The van der Waals surface area contributed by atoms with E-state index in [1.807, 2.05) is 0 Å². The van der Waals surface area contributed by atoms with Gasteiger partial charge in [-0.1, -0.05) is 12.2 Å². The maximum atomic E-state index is 12.4. The van der Waals surface area contributed by atoms with Gasteiger partial charge in [-0.15, -0.1) is 0 Å². The highest BCUT2D eigenvalue weighted by molar-refractivity contribution is 7.80. The normalized spacial score (nSPS) is 13.8. The fourth-order valence-corrected chi connectivity index (χ4v) is 2.27. The maximum Gasteiger partial charge on any atom is 0.285 e. The number of thiocarbonyl (C=S) groups is 1. The van der Waals surface area contributed by atoms with E-state index in [9.17, 15) is 9.59 Å². The van der Waals surface area contributed by atoms with Gasteiger partial charge in [-0.2, -0.15) is 5.10 Å². The van der Waals surface area contributed by atoms with E-state index in [4.69, 9.17) is 18.0 Å². The summed E-state index contributed by atoms with van der Waals surface area (Å²) in [6.07, 6.45) is 2.89. The Bertz CT molecular complexity index is 732. The van der Waals surface area contributed by atoms with Crippen LogP contribution >= 0.6 is 12.2 Å². The number of amides is 2. The van der Waals surface area contributed by atoms with Crippen LogP contribution in [0.2, 0.25) is 0 Å². The Balaban J connectivity index is 2.19. The van der Waals surface area contributed by atoms with E-state index in [0.29, 0.717) is 5.56 Å². The van der Waals surface area contributed by atoms with Crippen molar-refractivity contribution in [1.29, 1.82) is 0 Å². The summed E-state index contributed by atoms with van der Waals surface area (Å²) in [6, 6.07) is 3.16. The van der Waals surface area contributed by atoms with Crippen LogP contribution in [-0.4, -0.2) is 31.6 Å². The number of nitrogens with zero attached hydrogens (tertiary/aromatic N) is 4. The third-order valence-electron chi connectivity index (χ3n) is 3.03. The smallest absolute Gasteiger partial charge is 0.285 e. The largest absolute Gasteiger partial charge is 0.389 e. The van der Waals surface area contributed by atoms with Crippen molar-refractivity contribution in [3.63, 3.8) is 0 Å². The van der Waals surface area contributed by atoms with E-state index >= 15 is 0 Å². The third-order valence-corrected chi connectivity index (χ3v) is 3.25. The van der Waals surface area contributed by atoms with Crippen LogP contribution in [0.4, 0.5) is 5.82 Å². The molecule has 3 heterocycles. The molecule has 0 bridgehead atoms. The quantitative estimate of drug-likeness (QED) is 0.628. The monoisotopic (exact) mass is 287 g/mol. The fraction of sp³-hybridized carbons (Fsp3) is 0.0833. The number of rotatable bonds is 2. The average molecular weight is 287 g/mol. The van der Waals surface area contributed by atoms with Crippen molar-refractivity contribution < 1.29 is 9.59 Å². The van der Waals surface area contributed by atoms with Crippen LogP contribution in [0.5, 0.6) is 0 Å². The Morgan fingerprint density at radius 1 is 1.35 bits per heavy atom. The van der Waals surface area contributed by atoms with Crippen LogP contribution < -0.4 is 10.6 Å². The van der Waals surface area contributed by atoms with Crippen molar-refractivity contribution in [2.45, 2.75) is 0 Å². The van der Waals surface area contributed by atoms with Gasteiger partial charge in [0.15, 0.2) is 5.82 Å². The molecule has 0 atom stereocenters. The minimum absolute atomic E-state index is 0.0672. The molecular formula is C12H9N5O2S. The van der Waals surface area contributed by atoms with E-state index in [-0.39, 0.29) is 22.1 Å². The first kappa shape index (κ1) is 12.4. The lowest BCUT2D eigenvalue weighted by molar-refractivity contribution is 0.0922. The molecule has 7 nitrogen and oxygen atoms in total. The zero-order valence-electron chi connectivity index (χ0n) is 10.4. The molecule has 0 unspecified atom stereocenters. The lowest BCUT2D eigenvalue weighted by Gasteiger charge is -2.15. The molecule has 3 rings (SSSR count). The maximum absolute atomic E-state index is 12.4. The van der Waals surface area contributed by atoms with E-state index in [1.54, 1.807) is 19.2 Å². The molecule has 0 aliphatic carbocycles. The highest BCUT2D eigenvalue weighted by atomic mass is 32.1. The van der Waals surface area contributed by atoms with E-state index in [2.05, 4.69) is 10.1 Å². The Labute approximate surface area is 119 Å². The molecular weight excluding hydrogens is 278 g/mol. The molecule has 2 amide bonds. The number of hydrogen-bond donors (Lipinski definition) is 1. The van der Waals surface area contributed by atoms with Crippen LogP contribution in [0.15, 0.2) is 24.5 Å². The highest BCUT2D eigenvalue weighted by Crippen LogP contribution is 2.29. The SMILES string of the molecule is Cn1ncc(C(N)=S)c1N1C(=O)c2cccnc2C1=O. The summed E-state index contributed by atoms with van der Waals surface area (Å²) in [5.74, 6) is -0.712. The van der Waals surface area contributed by atoms with Crippen LogP contribution in [-0.2, 0) is 7.05 Å². The lowest BCUT2D eigenvalue weighted by Crippen LogP contribution is -2.33. The average Bonchev–Trinajstić information content (AvgIpc) is 2.91. The van der Waals surface area contributed by atoms with Gasteiger partial charge in [-0.05, 0) is 12.1 Å². The number of fused-ring (bicyclic) bond motifs is 1. The molecule has 0 radical (unpaired) electrons. The summed E-state index contributed by atoms with van der Waals surface area (Å²) in [6.45, 7) is 0. The van der Waals surface area contributed by atoms with E-state index < -0.39 is 11.8 Å². The van der Waals surface area contributed by atoms with E-state index in [0.717, 1.165) is 4.90 Å². The third kappa shape index (κ3) is 1.55. The zero-order valence-corrected chi connectivity index (χ0v) is 11.2. The number of nitrogens with two attached hydrogens (primary N) is 1. The predicted octanol–water partition coefficient (Wildman–Crippen LogP) is 0.250. The Morgan fingerprint density at radius 3 is 2.75 bits per heavy atom. The van der Waals surface area contributed by atoms with Gasteiger partial charge >= 0.3 is 0 Å². The van der Waals surface area contributed by atoms with Crippen molar-refractivity contribution in [1.82, 2.24) is 14.8 Å². The van der Waals surface area contributed by atoms with Crippen LogP contribution in [0, 0.1) is 0 Å². The summed E-state index contributed by atoms with van der Waals surface area (Å²) in [5, 5.41) is 4.00. The molecule has 0 aromatic carbocycles. The predicted molar refractivity (Wildman–Crippen MR) is 74.5 cm³/mol. The van der Waals surface area contributed by atoms with Crippen molar-refractivity contribution in [3.8, 4) is 0 Å². The molecule has 1 aliphatic rings. The summed E-state index contributed by atoms with van der Waals surface area (Å²) in [4.78, 5) is 29.7. The minimum Gasteiger partial charge on any atom is -0.389 e. The molecule has 0 fully saturated rings. The zero-order chi connectivity index (χ0) is 14.4. The second-order valence-electron chi connectivity index (χ2n) is 4.21. The Kier molecular flexibility index (Phi) is 2.61. The molecule has 100 valence electrons. The molecule has 20 heavy (non-hydrogen) atoms. The van der Waals surface area contributed by atoms with Gasteiger partial charge < -0.3 is 5.73 Å². The van der Waals surface area contributed by atoms with Crippen molar-refractivity contribution in [2.24, 2.45) is 12.8 Å². The Hall–Kier alpha value is -2.61.